The Bertz CT molecular complexity index is 232. The molecule has 88 valence electrons. The third kappa shape index (κ3) is 7.11. The van der Waals surface area contributed by atoms with Crippen LogP contribution in [0.25, 0.3) is 0 Å². The Labute approximate surface area is 92.6 Å². The molecule has 0 aromatic carbocycles. The highest BCUT2D eigenvalue weighted by molar-refractivity contribution is 5.76. The first kappa shape index (κ1) is 14.1. The van der Waals surface area contributed by atoms with Gasteiger partial charge in [-0.25, -0.2) is 0 Å². The largest absolute Gasteiger partial charge is 0.358 e. The fraction of sp³-hybridized carbons (Fsp3) is 0.833. The summed E-state index contributed by atoms with van der Waals surface area (Å²) in [7, 11) is 0. The van der Waals surface area contributed by atoms with Crippen molar-refractivity contribution in [2.45, 2.75) is 47.5 Å². The first-order chi connectivity index (χ1) is 6.68. The molecule has 0 aliphatic heterocycles. The molecule has 3 heteroatoms. The van der Waals surface area contributed by atoms with Crippen LogP contribution in [0.15, 0.2) is 0 Å². The molecule has 0 spiro atoms. The molecular formula is C12H23NO2. The summed E-state index contributed by atoms with van der Waals surface area (Å²) in [6.07, 6.45) is 2.23. The predicted molar refractivity (Wildman–Crippen MR) is 61.5 cm³/mol. The van der Waals surface area contributed by atoms with E-state index in [-0.39, 0.29) is 16.6 Å². The van der Waals surface area contributed by atoms with Gasteiger partial charge in [-0.2, -0.15) is 0 Å². The van der Waals surface area contributed by atoms with E-state index in [1.807, 2.05) is 0 Å². The molecule has 15 heavy (non-hydrogen) atoms. The molecule has 0 saturated carbocycles. The van der Waals surface area contributed by atoms with Gasteiger partial charge < -0.3 is 10.1 Å². The van der Waals surface area contributed by atoms with Crippen molar-refractivity contribution in [2.24, 2.45) is 10.8 Å². The van der Waals surface area contributed by atoms with Crippen molar-refractivity contribution in [1.29, 1.82) is 0 Å². The van der Waals surface area contributed by atoms with E-state index in [0.29, 0.717) is 13.0 Å². The monoisotopic (exact) mass is 213 g/mol. The fourth-order valence-corrected chi connectivity index (χ4v) is 2.41. The lowest BCUT2D eigenvalue weighted by molar-refractivity contribution is -0.119. The molecular weight excluding hydrogens is 190 g/mol. The van der Waals surface area contributed by atoms with Crippen LogP contribution in [0.2, 0.25) is 0 Å². The molecule has 0 aromatic rings. The van der Waals surface area contributed by atoms with Crippen molar-refractivity contribution in [2.75, 3.05) is 6.54 Å². The van der Waals surface area contributed by atoms with E-state index in [1.165, 1.54) is 0 Å². The van der Waals surface area contributed by atoms with Crippen molar-refractivity contribution in [3.8, 4) is 0 Å². The SMILES string of the molecule is CC(=O)CC(C)(C)CC(C)(C)CNC=O. The quantitative estimate of drug-likeness (QED) is 0.659. The molecule has 0 atom stereocenters. The average Bonchev–Trinajstić information content (AvgIpc) is 1.95. The zero-order valence-corrected chi connectivity index (χ0v) is 10.5. The number of hydrogen-bond acceptors (Lipinski definition) is 2. The zero-order valence-electron chi connectivity index (χ0n) is 10.5. The van der Waals surface area contributed by atoms with Crippen LogP contribution >= 0.6 is 0 Å². The zero-order chi connectivity index (χ0) is 12.1. The number of amides is 1. The van der Waals surface area contributed by atoms with E-state index in [1.54, 1.807) is 6.92 Å². The molecule has 0 aliphatic carbocycles. The van der Waals surface area contributed by atoms with Gasteiger partial charge in [0.15, 0.2) is 0 Å². The summed E-state index contributed by atoms with van der Waals surface area (Å²) < 4.78 is 0. The van der Waals surface area contributed by atoms with Crippen LogP contribution in [-0.2, 0) is 9.59 Å². The van der Waals surface area contributed by atoms with Gasteiger partial charge in [-0.05, 0) is 24.2 Å². The van der Waals surface area contributed by atoms with Crippen LogP contribution in [0.4, 0.5) is 0 Å². The summed E-state index contributed by atoms with van der Waals surface area (Å²) in [5.74, 6) is 0.221. The van der Waals surface area contributed by atoms with Gasteiger partial charge in [0, 0.05) is 13.0 Å². The smallest absolute Gasteiger partial charge is 0.207 e. The first-order valence-corrected chi connectivity index (χ1v) is 5.35. The van der Waals surface area contributed by atoms with Crippen molar-refractivity contribution in [1.82, 2.24) is 5.32 Å². The Morgan fingerprint density at radius 1 is 1.20 bits per heavy atom. The summed E-state index contributed by atoms with van der Waals surface area (Å²) in [6, 6.07) is 0. The summed E-state index contributed by atoms with van der Waals surface area (Å²) >= 11 is 0. The van der Waals surface area contributed by atoms with Crippen LogP contribution < -0.4 is 5.32 Å². The van der Waals surface area contributed by atoms with Crippen LogP contribution in [0.1, 0.15) is 47.5 Å². The molecule has 0 radical (unpaired) electrons. The minimum Gasteiger partial charge on any atom is -0.358 e. The van der Waals surface area contributed by atoms with Crippen molar-refractivity contribution in [3.63, 3.8) is 0 Å². The second kappa shape index (κ2) is 5.29. The van der Waals surface area contributed by atoms with E-state index in [2.05, 4.69) is 33.0 Å². The van der Waals surface area contributed by atoms with Crippen molar-refractivity contribution in [3.05, 3.63) is 0 Å². The predicted octanol–water partition coefficient (Wildman–Crippen LogP) is 2.15. The van der Waals surface area contributed by atoms with Crippen LogP contribution in [-0.4, -0.2) is 18.7 Å². The lowest BCUT2D eigenvalue weighted by Gasteiger charge is -2.34. The Balaban J connectivity index is 4.28. The molecule has 1 N–H and O–H groups in total. The molecule has 1 amide bonds. The number of Topliss-reactive ketones (excluding diaryl/α,β-unsaturated/α-hetero) is 1. The average molecular weight is 213 g/mol. The standard InChI is InChI=1S/C12H23NO2/c1-10(15)6-11(2,3)7-12(4,5)8-13-9-14/h9H,6-8H2,1-5H3,(H,13,14). The highest BCUT2D eigenvalue weighted by Gasteiger charge is 2.29. The Morgan fingerprint density at radius 2 is 1.73 bits per heavy atom. The minimum atomic E-state index is -0.000102. The molecule has 0 unspecified atom stereocenters. The highest BCUT2D eigenvalue weighted by atomic mass is 16.1. The van der Waals surface area contributed by atoms with E-state index in [4.69, 9.17) is 0 Å². The first-order valence-electron chi connectivity index (χ1n) is 5.35. The summed E-state index contributed by atoms with van der Waals surface area (Å²) in [6.45, 7) is 10.7. The highest BCUT2D eigenvalue weighted by Crippen LogP contribution is 2.35. The van der Waals surface area contributed by atoms with Crippen LogP contribution in [0.5, 0.6) is 0 Å². The molecule has 0 fully saturated rings. The third-order valence-corrected chi connectivity index (χ3v) is 2.35. The summed E-state index contributed by atoms with van der Waals surface area (Å²) in [5.41, 5.74) is 0.0275. The molecule has 0 aromatic heterocycles. The molecule has 0 bridgehead atoms. The maximum atomic E-state index is 11.1. The van der Waals surface area contributed by atoms with Gasteiger partial charge in [-0.3, -0.25) is 4.79 Å². The topological polar surface area (TPSA) is 46.2 Å². The summed E-state index contributed by atoms with van der Waals surface area (Å²) in [4.78, 5) is 21.3. The normalized spacial score (nSPS) is 12.3. The van der Waals surface area contributed by atoms with E-state index in [0.717, 1.165) is 12.8 Å². The molecule has 3 nitrogen and oxygen atoms in total. The maximum absolute atomic E-state index is 11.1. The van der Waals surface area contributed by atoms with Gasteiger partial charge in [0.25, 0.3) is 0 Å². The number of hydrogen-bond donors (Lipinski definition) is 1. The lowest BCUT2D eigenvalue weighted by atomic mass is 9.73. The van der Waals surface area contributed by atoms with Gasteiger partial charge >= 0.3 is 0 Å². The molecule has 0 heterocycles. The van der Waals surface area contributed by atoms with Gasteiger partial charge in [0.2, 0.25) is 6.41 Å². The van der Waals surface area contributed by atoms with Gasteiger partial charge in [0.1, 0.15) is 5.78 Å². The number of carbonyl (C=O) groups is 2. The minimum absolute atomic E-state index is 0.000102. The van der Waals surface area contributed by atoms with Gasteiger partial charge in [-0.15, -0.1) is 0 Å². The molecule has 0 aliphatic rings. The van der Waals surface area contributed by atoms with Gasteiger partial charge in [-0.1, -0.05) is 27.7 Å². The van der Waals surface area contributed by atoms with E-state index >= 15 is 0 Å². The second-order valence-electron chi connectivity index (χ2n) is 5.88. The Kier molecular flexibility index (Phi) is 4.98. The molecule has 0 saturated heterocycles. The molecule has 0 rings (SSSR count). The fourth-order valence-electron chi connectivity index (χ4n) is 2.41. The lowest BCUT2D eigenvalue weighted by Crippen LogP contribution is -2.33. The van der Waals surface area contributed by atoms with Crippen LogP contribution in [0.3, 0.4) is 0 Å². The number of carbonyl (C=O) groups excluding carboxylic acids is 2. The Hall–Kier alpha value is -0.860. The maximum Gasteiger partial charge on any atom is 0.207 e. The number of nitrogens with one attached hydrogen (secondary N) is 1. The number of ketones is 1. The van der Waals surface area contributed by atoms with Crippen molar-refractivity contribution < 1.29 is 9.59 Å². The van der Waals surface area contributed by atoms with Crippen LogP contribution in [0, 0.1) is 10.8 Å². The van der Waals surface area contributed by atoms with E-state index < -0.39 is 0 Å². The second-order valence-corrected chi connectivity index (χ2v) is 5.88. The van der Waals surface area contributed by atoms with E-state index in [9.17, 15) is 9.59 Å². The van der Waals surface area contributed by atoms with Gasteiger partial charge in [0.05, 0.1) is 0 Å². The number of rotatable bonds is 7. The Morgan fingerprint density at radius 3 is 2.13 bits per heavy atom. The third-order valence-electron chi connectivity index (χ3n) is 2.35. The van der Waals surface area contributed by atoms with Crippen molar-refractivity contribution >= 4 is 12.2 Å². The summed E-state index contributed by atoms with van der Waals surface area (Å²) in [5, 5.41) is 2.70.